The van der Waals surface area contributed by atoms with Crippen LogP contribution in [0.3, 0.4) is 0 Å². The summed E-state index contributed by atoms with van der Waals surface area (Å²) in [6.07, 6.45) is 9.84. The van der Waals surface area contributed by atoms with E-state index in [2.05, 4.69) is 10.6 Å². The molecule has 0 spiro atoms. The van der Waals surface area contributed by atoms with Crippen LogP contribution in [0.25, 0.3) is 0 Å². The van der Waals surface area contributed by atoms with Gasteiger partial charge < -0.3 is 10.6 Å². The van der Waals surface area contributed by atoms with Crippen molar-refractivity contribution in [2.45, 2.75) is 57.4 Å². The Morgan fingerprint density at radius 2 is 1.71 bits per heavy atom. The maximum Gasteiger partial charge on any atom is 0.224 e. The van der Waals surface area contributed by atoms with Crippen molar-refractivity contribution in [2.75, 3.05) is 13.1 Å². The molecule has 4 heteroatoms. The Hall–Kier alpha value is -0.280. The van der Waals surface area contributed by atoms with Crippen molar-refractivity contribution in [3.8, 4) is 0 Å². The molecule has 2 fully saturated rings. The molecule has 0 aromatic rings. The van der Waals surface area contributed by atoms with Gasteiger partial charge in [-0.15, -0.1) is 12.4 Å². The van der Waals surface area contributed by atoms with Crippen molar-refractivity contribution in [1.29, 1.82) is 0 Å². The third-order valence-electron chi connectivity index (χ3n) is 3.87. The van der Waals surface area contributed by atoms with Crippen LogP contribution >= 0.6 is 12.4 Å². The molecule has 1 saturated heterocycles. The van der Waals surface area contributed by atoms with Gasteiger partial charge in [0.25, 0.3) is 0 Å². The standard InChI is InChI=1S/C13H24N2O.ClH/c16-13(11-6-5-9-14-10-11)15-12-7-3-1-2-4-8-12;/h11-12,14H,1-10H2,(H,15,16);1H. The molecule has 2 rings (SSSR count). The van der Waals surface area contributed by atoms with E-state index in [0.29, 0.717) is 11.9 Å². The van der Waals surface area contributed by atoms with Crippen molar-refractivity contribution in [2.24, 2.45) is 5.92 Å². The predicted molar refractivity (Wildman–Crippen MR) is 72.5 cm³/mol. The van der Waals surface area contributed by atoms with Crippen molar-refractivity contribution < 1.29 is 4.79 Å². The zero-order valence-corrected chi connectivity index (χ0v) is 11.4. The second kappa shape index (κ2) is 7.93. The van der Waals surface area contributed by atoms with Gasteiger partial charge in [-0.1, -0.05) is 25.7 Å². The van der Waals surface area contributed by atoms with Crippen LogP contribution in [0.2, 0.25) is 0 Å². The van der Waals surface area contributed by atoms with Crippen LogP contribution in [-0.2, 0) is 4.79 Å². The zero-order valence-electron chi connectivity index (χ0n) is 10.5. The number of rotatable bonds is 2. The second-order valence-electron chi connectivity index (χ2n) is 5.24. The predicted octanol–water partition coefficient (Wildman–Crippen LogP) is 2.25. The highest BCUT2D eigenvalue weighted by atomic mass is 35.5. The molecule has 1 amide bonds. The van der Waals surface area contributed by atoms with Gasteiger partial charge >= 0.3 is 0 Å². The summed E-state index contributed by atoms with van der Waals surface area (Å²) >= 11 is 0. The van der Waals surface area contributed by atoms with E-state index in [-0.39, 0.29) is 18.3 Å². The highest BCUT2D eigenvalue weighted by molar-refractivity contribution is 5.85. The lowest BCUT2D eigenvalue weighted by Crippen LogP contribution is -2.44. The lowest BCUT2D eigenvalue weighted by Gasteiger charge is -2.25. The highest BCUT2D eigenvalue weighted by Crippen LogP contribution is 2.18. The van der Waals surface area contributed by atoms with Crippen molar-refractivity contribution >= 4 is 18.3 Å². The summed E-state index contributed by atoms with van der Waals surface area (Å²) in [6.45, 7) is 1.95. The third-order valence-corrected chi connectivity index (χ3v) is 3.87. The molecule has 0 radical (unpaired) electrons. The quantitative estimate of drug-likeness (QED) is 0.748. The molecule has 100 valence electrons. The highest BCUT2D eigenvalue weighted by Gasteiger charge is 2.23. The molecule has 2 N–H and O–H groups in total. The fourth-order valence-corrected chi connectivity index (χ4v) is 2.82. The molecule has 2 aliphatic rings. The zero-order chi connectivity index (χ0) is 11.2. The molecule has 1 saturated carbocycles. The minimum absolute atomic E-state index is 0. The Kier molecular flexibility index (Phi) is 6.90. The fourth-order valence-electron chi connectivity index (χ4n) is 2.82. The lowest BCUT2D eigenvalue weighted by atomic mass is 9.98. The third kappa shape index (κ3) is 4.84. The SMILES string of the molecule is Cl.O=C(NC1CCCCCC1)C1CCCNC1. The first kappa shape index (κ1) is 14.8. The Morgan fingerprint density at radius 3 is 2.29 bits per heavy atom. The van der Waals surface area contributed by atoms with Crippen molar-refractivity contribution in [3.05, 3.63) is 0 Å². The molecule has 1 atom stereocenters. The van der Waals surface area contributed by atoms with E-state index in [9.17, 15) is 4.79 Å². The van der Waals surface area contributed by atoms with Gasteiger partial charge in [0.15, 0.2) is 0 Å². The van der Waals surface area contributed by atoms with Crippen LogP contribution in [-0.4, -0.2) is 25.0 Å². The maximum absolute atomic E-state index is 12.0. The van der Waals surface area contributed by atoms with Gasteiger partial charge in [-0.3, -0.25) is 4.79 Å². The normalized spacial score (nSPS) is 26.7. The summed E-state index contributed by atoms with van der Waals surface area (Å²) in [5.41, 5.74) is 0. The maximum atomic E-state index is 12.0. The van der Waals surface area contributed by atoms with Gasteiger partial charge in [0, 0.05) is 12.6 Å². The first-order chi connectivity index (χ1) is 7.86. The van der Waals surface area contributed by atoms with Gasteiger partial charge in [0.05, 0.1) is 5.92 Å². The number of carbonyl (C=O) groups excluding carboxylic acids is 1. The number of nitrogens with one attached hydrogen (secondary N) is 2. The molecule has 0 bridgehead atoms. The average molecular weight is 261 g/mol. The van der Waals surface area contributed by atoms with Crippen LogP contribution in [0, 0.1) is 5.92 Å². The molecule has 0 aromatic carbocycles. The number of hydrogen-bond acceptors (Lipinski definition) is 2. The van der Waals surface area contributed by atoms with E-state index in [1.807, 2.05) is 0 Å². The minimum atomic E-state index is 0. The summed E-state index contributed by atoms with van der Waals surface area (Å²) in [7, 11) is 0. The van der Waals surface area contributed by atoms with E-state index in [1.165, 1.54) is 38.5 Å². The van der Waals surface area contributed by atoms with Crippen molar-refractivity contribution in [1.82, 2.24) is 10.6 Å². The number of halogens is 1. The molecule has 17 heavy (non-hydrogen) atoms. The van der Waals surface area contributed by atoms with Gasteiger partial charge in [-0.05, 0) is 32.2 Å². The molecule has 1 aliphatic carbocycles. The number of amides is 1. The van der Waals surface area contributed by atoms with E-state index < -0.39 is 0 Å². The average Bonchev–Trinajstić information content (AvgIpc) is 2.59. The molecular weight excluding hydrogens is 236 g/mol. The molecule has 1 unspecified atom stereocenters. The van der Waals surface area contributed by atoms with E-state index in [4.69, 9.17) is 0 Å². The molecular formula is C13H25ClN2O. The summed E-state index contributed by atoms with van der Waals surface area (Å²) in [4.78, 5) is 12.0. The molecule has 1 heterocycles. The lowest BCUT2D eigenvalue weighted by molar-refractivity contribution is -0.126. The fraction of sp³-hybridized carbons (Fsp3) is 0.923. The monoisotopic (exact) mass is 260 g/mol. The van der Waals surface area contributed by atoms with Gasteiger partial charge in [-0.25, -0.2) is 0 Å². The van der Waals surface area contributed by atoms with Crippen LogP contribution < -0.4 is 10.6 Å². The summed E-state index contributed by atoms with van der Waals surface area (Å²) < 4.78 is 0. The number of carbonyl (C=O) groups is 1. The van der Waals surface area contributed by atoms with Crippen LogP contribution in [0.1, 0.15) is 51.4 Å². The van der Waals surface area contributed by atoms with Gasteiger partial charge in [0.1, 0.15) is 0 Å². The summed E-state index contributed by atoms with van der Waals surface area (Å²) in [5, 5.41) is 6.55. The van der Waals surface area contributed by atoms with Crippen LogP contribution in [0.15, 0.2) is 0 Å². The second-order valence-corrected chi connectivity index (χ2v) is 5.24. The van der Waals surface area contributed by atoms with Crippen molar-refractivity contribution in [3.63, 3.8) is 0 Å². The van der Waals surface area contributed by atoms with E-state index in [0.717, 1.165) is 25.9 Å². The Bertz CT molecular complexity index is 221. The molecule has 1 aliphatic heterocycles. The molecule has 3 nitrogen and oxygen atoms in total. The summed E-state index contributed by atoms with van der Waals surface area (Å²) in [6, 6.07) is 0.455. The first-order valence-corrected chi connectivity index (χ1v) is 6.87. The van der Waals surface area contributed by atoms with E-state index >= 15 is 0 Å². The van der Waals surface area contributed by atoms with E-state index in [1.54, 1.807) is 0 Å². The number of hydrogen-bond donors (Lipinski definition) is 2. The number of piperidine rings is 1. The Balaban J connectivity index is 0.00000144. The topological polar surface area (TPSA) is 41.1 Å². The summed E-state index contributed by atoms with van der Waals surface area (Å²) in [5.74, 6) is 0.510. The Morgan fingerprint density at radius 1 is 1.00 bits per heavy atom. The minimum Gasteiger partial charge on any atom is -0.353 e. The molecule has 0 aromatic heterocycles. The first-order valence-electron chi connectivity index (χ1n) is 6.87. The largest absolute Gasteiger partial charge is 0.353 e. The van der Waals surface area contributed by atoms with Crippen LogP contribution in [0.5, 0.6) is 0 Å². The smallest absolute Gasteiger partial charge is 0.224 e. The van der Waals surface area contributed by atoms with Gasteiger partial charge in [0.2, 0.25) is 5.91 Å². The Labute approximate surface area is 111 Å². The van der Waals surface area contributed by atoms with Gasteiger partial charge in [-0.2, -0.15) is 0 Å². The van der Waals surface area contributed by atoms with Crippen LogP contribution in [0.4, 0.5) is 0 Å².